The first-order valence-electron chi connectivity index (χ1n) is 15.4. The van der Waals surface area contributed by atoms with E-state index in [9.17, 15) is 4.79 Å². The second kappa shape index (κ2) is 13.0. The van der Waals surface area contributed by atoms with E-state index in [-0.39, 0.29) is 24.6 Å². The molecular formula is C33H39ClN8O2. The van der Waals surface area contributed by atoms with Gasteiger partial charge in [-0.25, -0.2) is 6.57 Å². The van der Waals surface area contributed by atoms with Crippen LogP contribution in [0.25, 0.3) is 15.6 Å². The fourth-order valence-corrected chi connectivity index (χ4v) is 6.91. The number of hydrogen-bond donors (Lipinski definition) is 0. The van der Waals surface area contributed by atoms with Gasteiger partial charge >= 0.3 is 6.01 Å². The summed E-state index contributed by atoms with van der Waals surface area (Å²) in [7, 11) is 2.16. The summed E-state index contributed by atoms with van der Waals surface area (Å²) in [6.07, 6.45) is 9.44. The highest BCUT2D eigenvalue weighted by molar-refractivity contribution is 6.36. The number of ether oxygens (including phenoxy) is 1. The van der Waals surface area contributed by atoms with Crippen molar-refractivity contribution in [3.05, 3.63) is 70.9 Å². The molecule has 6 rings (SSSR count). The van der Waals surface area contributed by atoms with Gasteiger partial charge in [-0.3, -0.25) is 14.7 Å². The van der Waals surface area contributed by atoms with Crippen LogP contribution in [0, 0.1) is 6.57 Å². The number of fused-ring (bicyclic) bond motifs is 2. The van der Waals surface area contributed by atoms with E-state index in [0.717, 1.165) is 53.0 Å². The van der Waals surface area contributed by atoms with E-state index in [2.05, 4.69) is 45.1 Å². The Labute approximate surface area is 264 Å². The summed E-state index contributed by atoms with van der Waals surface area (Å²) in [5.41, 5.74) is 2.97. The number of hydrogen-bond acceptors (Lipinski definition) is 8. The van der Waals surface area contributed by atoms with Crippen LogP contribution in [-0.2, 0) is 17.8 Å². The smallest absolute Gasteiger partial charge is 0.318 e. The lowest BCUT2D eigenvalue weighted by Gasteiger charge is -2.41. The number of aromatic nitrogens is 3. The van der Waals surface area contributed by atoms with Gasteiger partial charge in [-0.2, -0.15) is 9.97 Å². The summed E-state index contributed by atoms with van der Waals surface area (Å²) in [6.45, 7) is 17.2. The average molecular weight is 615 g/mol. The molecule has 0 bridgehead atoms. The highest BCUT2D eigenvalue weighted by Gasteiger charge is 2.35. The molecule has 2 atom stereocenters. The van der Waals surface area contributed by atoms with Crippen molar-refractivity contribution >= 4 is 39.8 Å². The van der Waals surface area contributed by atoms with Gasteiger partial charge in [0.2, 0.25) is 12.5 Å². The standard InChI is InChI=1S/C33H39ClN8O2/c1-5-30(43)42-15-14-41(20-25(42)17-35-3)32-26-12-13-40(29-18-36-16-23-8-6-11-27(34)31(23)29)21-28(26)37-33(38-32)44-22(2)19-39(4)24-9-7-10-24/h5-6,8,11,16,18,22,24-25H,1,7,9-10,12-15,17,19-21H2,2,4H3/t22-,25-/m0/s1. The van der Waals surface area contributed by atoms with Crippen LogP contribution in [0.1, 0.15) is 37.4 Å². The van der Waals surface area contributed by atoms with Crippen LogP contribution < -0.4 is 14.5 Å². The van der Waals surface area contributed by atoms with Gasteiger partial charge in [-0.15, -0.1) is 0 Å². The van der Waals surface area contributed by atoms with E-state index in [1.807, 2.05) is 30.6 Å². The zero-order chi connectivity index (χ0) is 30.8. The van der Waals surface area contributed by atoms with Crippen molar-refractivity contribution in [1.82, 2.24) is 24.8 Å². The van der Waals surface area contributed by atoms with Crippen LogP contribution in [0.15, 0.2) is 43.2 Å². The van der Waals surface area contributed by atoms with Gasteiger partial charge in [0.25, 0.3) is 0 Å². The summed E-state index contributed by atoms with van der Waals surface area (Å²) in [5, 5.41) is 2.67. The molecule has 1 saturated carbocycles. The molecule has 3 aliphatic rings. The Kier molecular flexibility index (Phi) is 8.87. The number of pyridine rings is 1. The molecule has 2 aromatic heterocycles. The van der Waals surface area contributed by atoms with E-state index in [1.165, 1.54) is 25.3 Å². The highest BCUT2D eigenvalue weighted by atomic mass is 35.5. The van der Waals surface area contributed by atoms with Crippen molar-refractivity contribution in [2.24, 2.45) is 0 Å². The summed E-state index contributed by atoms with van der Waals surface area (Å²) in [6, 6.07) is 6.61. The zero-order valence-corrected chi connectivity index (χ0v) is 26.2. The summed E-state index contributed by atoms with van der Waals surface area (Å²) in [4.78, 5) is 39.3. The topological polar surface area (TPSA) is 82.3 Å². The molecule has 1 amide bonds. The van der Waals surface area contributed by atoms with Crippen molar-refractivity contribution in [2.75, 3.05) is 56.1 Å². The number of amides is 1. The number of carbonyl (C=O) groups is 1. The Bertz CT molecular complexity index is 1580. The molecule has 2 aliphatic heterocycles. The maximum Gasteiger partial charge on any atom is 0.318 e. The largest absolute Gasteiger partial charge is 0.459 e. The molecule has 11 heteroatoms. The molecule has 0 spiro atoms. The summed E-state index contributed by atoms with van der Waals surface area (Å²) >= 11 is 6.69. The van der Waals surface area contributed by atoms with Crippen molar-refractivity contribution in [3.63, 3.8) is 0 Å². The second-order valence-corrected chi connectivity index (χ2v) is 12.5. The molecule has 230 valence electrons. The number of carbonyl (C=O) groups excluding carboxylic acids is 1. The van der Waals surface area contributed by atoms with E-state index < -0.39 is 0 Å². The molecule has 4 heterocycles. The Morgan fingerprint density at radius 3 is 2.84 bits per heavy atom. The summed E-state index contributed by atoms with van der Waals surface area (Å²) < 4.78 is 6.41. The van der Waals surface area contributed by atoms with Crippen molar-refractivity contribution < 1.29 is 9.53 Å². The van der Waals surface area contributed by atoms with Crippen LogP contribution in [-0.4, -0.2) is 95.2 Å². The molecule has 3 aromatic rings. The van der Waals surface area contributed by atoms with Gasteiger partial charge in [-0.1, -0.05) is 36.7 Å². The van der Waals surface area contributed by atoms with Crippen LogP contribution in [0.5, 0.6) is 6.01 Å². The van der Waals surface area contributed by atoms with E-state index in [4.69, 9.17) is 32.9 Å². The van der Waals surface area contributed by atoms with Gasteiger partial charge in [0.1, 0.15) is 18.0 Å². The fourth-order valence-electron chi connectivity index (χ4n) is 6.64. The molecular weight excluding hydrogens is 576 g/mol. The Morgan fingerprint density at radius 2 is 2.09 bits per heavy atom. The number of anilines is 2. The lowest BCUT2D eigenvalue weighted by molar-refractivity contribution is -0.128. The number of benzene rings is 1. The minimum absolute atomic E-state index is 0.0933. The van der Waals surface area contributed by atoms with Crippen LogP contribution in [0.2, 0.25) is 5.02 Å². The minimum atomic E-state index is -0.249. The molecule has 44 heavy (non-hydrogen) atoms. The van der Waals surface area contributed by atoms with Gasteiger partial charge in [0.05, 0.1) is 29.1 Å². The van der Waals surface area contributed by atoms with E-state index in [0.29, 0.717) is 43.3 Å². The van der Waals surface area contributed by atoms with Crippen LogP contribution in [0.4, 0.5) is 11.5 Å². The highest BCUT2D eigenvalue weighted by Crippen LogP contribution is 2.37. The summed E-state index contributed by atoms with van der Waals surface area (Å²) in [5.74, 6) is 0.688. The lowest BCUT2D eigenvalue weighted by Crippen LogP contribution is -2.56. The molecule has 1 saturated heterocycles. The van der Waals surface area contributed by atoms with Crippen molar-refractivity contribution in [3.8, 4) is 6.01 Å². The zero-order valence-electron chi connectivity index (χ0n) is 25.5. The Hall–Kier alpha value is -3.94. The Balaban J connectivity index is 1.33. The first-order chi connectivity index (χ1) is 21.4. The number of halogens is 1. The van der Waals surface area contributed by atoms with Gasteiger partial charge in [0, 0.05) is 61.3 Å². The molecule has 0 radical (unpaired) electrons. The third-order valence-corrected chi connectivity index (χ3v) is 9.48. The average Bonchev–Trinajstić information content (AvgIpc) is 2.99. The maximum atomic E-state index is 12.6. The molecule has 2 fully saturated rings. The molecule has 1 aliphatic carbocycles. The normalized spacial score (nSPS) is 19.3. The van der Waals surface area contributed by atoms with E-state index in [1.54, 1.807) is 4.90 Å². The third kappa shape index (κ3) is 6.04. The molecule has 1 aromatic carbocycles. The lowest BCUT2D eigenvalue weighted by atomic mass is 9.92. The van der Waals surface area contributed by atoms with Crippen molar-refractivity contribution in [2.45, 2.75) is 57.3 Å². The number of piperazine rings is 1. The first-order valence-corrected chi connectivity index (χ1v) is 15.8. The maximum absolute atomic E-state index is 12.6. The predicted octanol–water partition coefficient (Wildman–Crippen LogP) is 4.61. The van der Waals surface area contributed by atoms with Crippen LogP contribution in [0.3, 0.4) is 0 Å². The van der Waals surface area contributed by atoms with Gasteiger partial charge in [-0.05, 0) is 45.4 Å². The van der Waals surface area contributed by atoms with E-state index >= 15 is 0 Å². The monoisotopic (exact) mass is 614 g/mol. The number of rotatable bonds is 9. The predicted molar refractivity (Wildman–Crippen MR) is 173 cm³/mol. The van der Waals surface area contributed by atoms with Gasteiger partial charge in [0.15, 0.2) is 0 Å². The fraction of sp³-hybridized carbons (Fsp3) is 0.485. The number of likely N-dealkylation sites (N-methyl/N-ethyl adjacent to an activating group) is 1. The van der Waals surface area contributed by atoms with Crippen LogP contribution >= 0.6 is 11.6 Å². The molecule has 0 N–H and O–H groups in total. The van der Waals surface area contributed by atoms with Crippen molar-refractivity contribution in [1.29, 1.82) is 0 Å². The van der Waals surface area contributed by atoms with Gasteiger partial charge < -0.3 is 24.3 Å². The molecule has 10 nitrogen and oxygen atoms in total. The molecule has 0 unspecified atom stereocenters. The quantitative estimate of drug-likeness (QED) is 0.255. The SMILES string of the molecule is [C-]#[N+]C[C@H]1CN(c2nc(O[C@@H](C)CN(C)C3CCC3)nc3c2CCN(c2cncc4cccc(Cl)c24)C3)CCN1C(=O)C=C. The third-order valence-electron chi connectivity index (χ3n) is 9.17. The first kappa shape index (κ1) is 30.1. The number of nitrogens with zero attached hydrogens (tertiary/aromatic N) is 8. The Morgan fingerprint density at radius 1 is 1.25 bits per heavy atom. The minimum Gasteiger partial charge on any atom is -0.459 e. The second-order valence-electron chi connectivity index (χ2n) is 12.1.